The molecular weight excluding hydrogens is 360 g/mol. The normalized spacial score (nSPS) is 12.3. The van der Waals surface area contributed by atoms with Gasteiger partial charge >= 0.3 is 0 Å². The van der Waals surface area contributed by atoms with Crippen molar-refractivity contribution in [3.05, 3.63) is 51.9 Å². The molecule has 0 saturated heterocycles. The van der Waals surface area contributed by atoms with E-state index in [0.717, 1.165) is 23.4 Å². The fourth-order valence-corrected chi connectivity index (χ4v) is 3.79. The van der Waals surface area contributed by atoms with Gasteiger partial charge in [-0.25, -0.2) is 4.98 Å². The van der Waals surface area contributed by atoms with Crippen molar-refractivity contribution in [1.29, 1.82) is 0 Å². The van der Waals surface area contributed by atoms with Gasteiger partial charge in [0, 0.05) is 17.4 Å². The van der Waals surface area contributed by atoms with Gasteiger partial charge in [0.15, 0.2) is 5.16 Å². The number of anilines is 1. The van der Waals surface area contributed by atoms with Gasteiger partial charge in [0.2, 0.25) is 5.91 Å². The molecule has 2 heterocycles. The quantitative estimate of drug-likeness (QED) is 0.496. The Labute approximate surface area is 162 Å². The van der Waals surface area contributed by atoms with Crippen molar-refractivity contribution < 1.29 is 4.79 Å². The van der Waals surface area contributed by atoms with E-state index in [1.807, 2.05) is 58.0 Å². The van der Waals surface area contributed by atoms with Crippen LogP contribution in [0.1, 0.15) is 37.6 Å². The summed E-state index contributed by atoms with van der Waals surface area (Å²) in [6.07, 6.45) is 0.801. The second-order valence-corrected chi connectivity index (χ2v) is 7.63. The molecule has 3 aromatic rings. The van der Waals surface area contributed by atoms with Crippen LogP contribution in [-0.2, 0) is 4.79 Å². The van der Waals surface area contributed by atoms with Crippen molar-refractivity contribution in [1.82, 2.24) is 14.5 Å². The van der Waals surface area contributed by atoms with Crippen molar-refractivity contribution in [3.63, 3.8) is 0 Å². The third-order valence-corrected chi connectivity index (χ3v) is 5.52. The molecule has 0 fully saturated rings. The predicted octanol–water partition coefficient (Wildman–Crippen LogP) is 4.04. The Balaban J connectivity index is 1.86. The number of benzene rings is 1. The molecule has 1 amide bonds. The van der Waals surface area contributed by atoms with Gasteiger partial charge in [-0.15, -0.1) is 0 Å². The molecule has 1 aromatic carbocycles. The molecule has 2 aromatic heterocycles. The number of hydrogen-bond donors (Lipinski definition) is 2. The van der Waals surface area contributed by atoms with Crippen LogP contribution in [-0.4, -0.2) is 26.2 Å². The zero-order chi connectivity index (χ0) is 19.6. The van der Waals surface area contributed by atoms with Crippen molar-refractivity contribution in [2.24, 2.45) is 0 Å². The summed E-state index contributed by atoms with van der Waals surface area (Å²) < 4.78 is 1.68. The fraction of sp³-hybridized carbons (Fsp3) is 0.350. The average Bonchev–Trinajstić information content (AvgIpc) is 3.02. The van der Waals surface area contributed by atoms with E-state index < -0.39 is 0 Å². The van der Waals surface area contributed by atoms with Crippen LogP contribution in [0.2, 0.25) is 0 Å². The maximum atomic E-state index is 12.9. The highest BCUT2D eigenvalue weighted by Crippen LogP contribution is 2.23. The van der Waals surface area contributed by atoms with E-state index in [1.54, 1.807) is 4.57 Å². The van der Waals surface area contributed by atoms with Crippen LogP contribution in [0, 0.1) is 13.8 Å². The lowest BCUT2D eigenvalue weighted by atomic mass is 10.2. The van der Waals surface area contributed by atoms with Gasteiger partial charge in [0.25, 0.3) is 5.56 Å². The molecule has 2 N–H and O–H groups in total. The average molecular weight is 385 g/mol. The topological polar surface area (TPSA) is 79.8 Å². The number of carbonyl (C=O) groups is 1. The highest BCUT2D eigenvalue weighted by atomic mass is 32.2. The number of aromatic nitrogens is 3. The molecule has 3 rings (SSSR count). The lowest BCUT2D eigenvalue weighted by Gasteiger charge is -2.17. The third kappa shape index (κ3) is 4.08. The second-order valence-electron chi connectivity index (χ2n) is 6.69. The molecule has 0 saturated carbocycles. The monoisotopic (exact) mass is 384 g/mol. The minimum atomic E-state index is -0.121. The van der Waals surface area contributed by atoms with Gasteiger partial charge < -0.3 is 10.3 Å². The van der Waals surface area contributed by atoms with Gasteiger partial charge in [-0.05, 0) is 44.9 Å². The first-order valence-electron chi connectivity index (χ1n) is 9.00. The number of aryl methyl sites for hydroxylation is 2. The molecule has 0 aliphatic rings. The van der Waals surface area contributed by atoms with Crippen LogP contribution in [0.5, 0.6) is 0 Å². The lowest BCUT2D eigenvalue weighted by molar-refractivity contribution is -0.113. The van der Waals surface area contributed by atoms with Crippen LogP contribution < -0.4 is 10.9 Å². The Morgan fingerprint density at radius 2 is 2.07 bits per heavy atom. The smallest absolute Gasteiger partial charge is 0.278 e. The molecule has 0 radical (unpaired) electrons. The highest BCUT2D eigenvalue weighted by Gasteiger charge is 2.18. The number of hydrogen-bond acceptors (Lipinski definition) is 4. The van der Waals surface area contributed by atoms with E-state index in [4.69, 9.17) is 0 Å². The van der Waals surface area contributed by atoms with E-state index in [0.29, 0.717) is 16.2 Å². The number of nitrogens with zero attached hydrogens (tertiary/aromatic N) is 2. The Morgan fingerprint density at radius 3 is 2.78 bits per heavy atom. The summed E-state index contributed by atoms with van der Waals surface area (Å²) in [6, 6.07) is 9.50. The maximum absolute atomic E-state index is 12.9. The van der Waals surface area contributed by atoms with Crippen LogP contribution in [0.4, 0.5) is 5.69 Å². The largest absolute Gasteiger partial charge is 0.353 e. The molecule has 7 heteroatoms. The molecule has 0 spiro atoms. The van der Waals surface area contributed by atoms with Gasteiger partial charge in [-0.3, -0.25) is 14.2 Å². The van der Waals surface area contributed by atoms with Crippen molar-refractivity contribution in [3.8, 4) is 0 Å². The van der Waals surface area contributed by atoms with E-state index >= 15 is 0 Å². The molecular formula is C20H24N4O2S. The number of amides is 1. The Kier molecular flexibility index (Phi) is 5.70. The van der Waals surface area contributed by atoms with E-state index in [2.05, 4.69) is 15.3 Å². The van der Waals surface area contributed by atoms with Crippen molar-refractivity contribution in [2.75, 3.05) is 11.1 Å². The fourth-order valence-electron chi connectivity index (χ4n) is 2.89. The molecule has 1 atom stereocenters. The van der Waals surface area contributed by atoms with E-state index in [1.165, 1.54) is 11.8 Å². The molecule has 0 bridgehead atoms. The Morgan fingerprint density at radius 1 is 1.33 bits per heavy atom. The summed E-state index contributed by atoms with van der Waals surface area (Å²) in [5.74, 6) is 0.0659. The first-order valence-corrected chi connectivity index (χ1v) is 9.99. The number of para-hydroxylation sites is 1. The van der Waals surface area contributed by atoms with Crippen molar-refractivity contribution >= 4 is 34.4 Å². The number of carbonyl (C=O) groups excluding carboxylic acids is 1. The molecule has 0 aliphatic carbocycles. The zero-order valence-electron chi connectivity index (χ0n) is 16.0. The number of thioether (sulfide) groups is 1. The van der Waals surface area contributed by atoms with Gasteiger partial charge in [0.05, 0.1) is 11.3 Å². The number of nitrogens with one attached hydrogen (secondary N) is 2. The Hall–Kier alpha value is -2.54. The number of rotatable bonds is 6. The maximum Gasteiger partial charge on any atom is 0.278 e. The van der Waals surface area contributed by atoms with Gasteiger partial charge in [-0.2, -0.15) is 0 Å². The summed E-state index contributed by atoms with van der Waals surface area (Å²) >= 11 is 1.29. The standard InChI is InChI=1S/C20H24N4O2S/c1-5-14(4)24-19(26)18-16(10-13(3)21-18)23-20(24)27-11-17(25)22-15-9-7-6-8-12(15)2/h6-10,14,21H,5,11H2,1-4H3,(H,22,25)/t14-/m0/s1. The molecule has 142 valence electrons. The summed E-state index contributed by atoms with van der Waals surface area (Å²) in [5.41, 5.74) is 3.76. The van der Waals surface area contributed by atoms with Gasteiger partial charge in [0.1, 0.15) is 5.52 Å². The number of aromatic amines is 1. The Bertz CT molecular complexity index is 1040. The third-order valence-electron chi connectivity index (χ3n) is 4.57. The van der Waals surface area contributed by atoms with E-state index in [9.17, 15) is 9.59 Å². The SMILES string of the molecule is CC[C@H](C)n1c(SCC(=O)Nc2ccccc2C)nc2cc(C)[nH]c2c1=O. The van der Waals surface area contributed by atoms with Crippen LogP contribution >= 0.6 is 11.8 Å². The summed E-state index contributed by atoms with van der Waals surface area (Å²) in [6.45, 7) is 7.87. The lowest BCUT2D eigenvalue weighted by Crippen LogP contribution is -2.26. The number of fused-ring (bicyclic) bond motifs is 1. The van der Waals surface area contributed by atoms with E-state index in [-0.39, 0.29) is 23.3 Å². The summed E-state index contributed by atoms with van der Waals surface area (Å²) in [5, 5.41) is 3.49. The van der Waals surface area contributed by atoms with Crippen LogP contribution in [0.25, 0.3) is 11.0 Å². The van der Waals surface area contributed by atoms with Crippen LogP contribution in [0.3, 0.4) is 0 Å². The van der Waals surface area contributed by atoms with Crippen molar-refractivity contribution in [2.45, 2.75) is 45.3 Å². The molecule has 27 heavy (non-hydrogen) atoms. The second kappa shape index (κ2) is 8.00. The molecule has 6 nitrogen and oxygen atoms in total. The first-order chi connectivity index (χ1) is 12.9. The summed E-state index contributed by atoms with van der Waals surface area (Å²) in [4.78, 5) is 33.0. The predicted molar refractivity (Wildman–Crippen MR) is 111 cm³/mol. The van der Waals surface area contributed by atoms with Gasteiger partial charge in [-0.1, -0.05) is 36.9 Å². The minimum absolute atomic E-state index is 0.0000601. The summed E-state index contributed by atoms with van der Waals surface area (Å²) in [7, 11) is 0. The zero-order valence-corrected chi connectivity index (χ0v) is 16.8. The molecule has 0 aliphatic heterocycles. The highest BCUT2D eigenvalue weighted by molar-refractivity contribution is 7.99. The molecule has 0 unspecified atom stereocenters. The minimum Gasteiger partial charge on any atom is -0.353 e. The van der Waals surface area contributed by atoms with Crippen LogP contribution in [0.15, 0.2) is 40.3 Å². The number of H-pyrrole nitrogens is 1. The first kappa shape index (κ1) is 19.2.